The fourth-order valence-corrected chi connectivity index (χ4v) is 4.37. The number of carbonyl (C=O) groups excluding carboxylic acids is 2. The molecule has 2 aromatic carbocycles. The van der Waals surface area contributed by atoms with Crippen molar-refractivity contribution in [1.29, 1.82) is 0 Å². The van der Waals surface area contributed by atoms with E-state index in [0.29, 0.717) is 21.8 Å². The number of rotatable bonds is 5. The van der Waals surface area contributed by atoms with E-state index in [9.17, 15) is 9.59 Å². The van der Waals surface area contributed by atoms with Crippen LogP contribution < -0.4 is 10.2 Å². The summed E-state index contributed by atoms with van der Waals surface area (Å²) in [7, 11) is 1.68. The van der Waals surface area contributed by atoms with Gasteiger partial charge >= 0.3 is 0 Å². The number of nitrogens with zero attached hydrogens (tertiary/aromatic N) is 2. The highest BCUT2D eigenvalue weighted by Gasteiger charge is 2.20. The minimum Gasteiger partial charge on any atom is -0.322 e. The lowest BCUT2D eigenvalue weighted by atomic mass is 10.1. The van der Waals surface area contributed by atoms with E-state index in [1.54, 1.807) is 42.6 Å². The fraction of sp³-hybridized carbons (Fsp3) is 0.0870. The van der Waals surface area contributed by atoms with Gasteiger partial charge in [0.1, 0.15) is 0 Å². The molecule has 0 spiro atoms. The van der Waals surface area contributed by atoms with E-state index in [2.05, 4.69) is 10.3 Å². The molecule has 0 radical (unpaired) electrons. The Hall–Kier alpha value is -3.29. The zero-order valence-corrected chi connectivity index (χ0v) is 18.1. The first-order valence-electron chi connectivity index (χ1n) is 9.27. The lowest BCUT2D eigenvalue weighted by Gasteiger charge is -2.20. The van der Waals surface area contributed by atoms with Gasteiger partial charge in [-0.1, -0.05) is 30.3 Å². The van der Waals surface area contributed by atoms with Crippen LogP contribution in [0, 0.1) is 6.92 Å². The summed E-state index contributed by atoms with van der Waals surface area (Å²) in [4.78, 5) is 32.3. The summed E-state index contributed by atoms with van der Waals surface area (Å²) in [5.74, 6) is -0.415. The normalized spacial score (nSPS) is 10.6. The molecule has 7 heteroatoms. The van der Waals surface area contributed by atoms with Crippen LogP contribution in [0.3, 0.4) is 0 Å². The van der Waals surface area contributed by atoms with Crippen molar-refractivity contribution >= 4 is 45.9 Å². The number of carbonyl (C=O) groups is 2. The number of para-hydroxylation sites is 1. The summed E-state index contributed by atoms with van der Waals surface area (Å²) < 4.78 is 0. The van der Waals surface area contributed by atoms with Gasteiger partial charge in [0.2, 0.25) is 0 Å². The van der Waals surface area contributed by atoms with Gasteiger partial charge in [-0.05, 0) is 42.6 Å². The van der Waals surface area contributed by atoms with Crippen LogP contribution in [0.2, 0.25) is 0 Å². The Morgan fingerprint density at radius 2 is 1.73 bits per heavy atom. The van der Waals surface area contributed by atoms with Crippen LogP contribution in [0.5, 0.6) is 0 Å². The van der Waals surface area contributed by atoms with E-state index < -0.39 is 0 Å². The number of benzene rings is 2. The Morgan fingerprint density at radius 3 is 2.40 bits per heavy atom. The number of thiazole rings is 1. The second-order valence-electron chi connectivity index (χ2n) is 6.64. The highest BCUT2D eigenvalue weighted by molar-refractivity contribution is 7.12. The predicted molar refractivity (Wildman–Crippen MR) is 124 cm³/mol. The van der Waals surface area contributed by atoms with Gasteiger partial charge in [0.15, 0.2) is 0 Å². The molecule has 0 bridgehead atoms. The van der Waals surface area contributed by atoms with Gasteiger partial charge in [-0.3, -0.25) is 9.59 Å². The molecule has 4 rings (SSSR count). The first-order chi connectivity index (χ1) is 14.5. The summed E-state index contributed by atoms with van der Waals surface area (Å²) in [5, 5.41) is 7.80. The number of hydrogen-bond donors (Lipinski definition) is 1. The van der Waals surface area contributed by atoms with Crippen molar-refractivity contribution in [3.63, 3.8) is 0 Å². The lowest BCUT2D eigenvalue weighted by molar-refractivity contribution is 0.0996. The SMILES string of the molecule is Cc1nc(-c2ccc(NC(=O)c3ccccc3N(C)C(=O)c3cccs3)cc2)cs1. The van der Waals surface area contributed by atoms with Crippen LogP contribution in [0.1, 0.15) is 25.0 Å². The maximum absolute atomic E-state index is 12.9. The van der Waals surface area contributed by atoms with Crippen molar-refractivity contribution in [2.24, 2.45) is 0 Å². The molecule has 0 aliphatic heterocycles. The van der Waals surface area contributed by atoms with Crippen LogP contribution in [-0.4, -0.2) is 23.8 Å². The van der Waals surface area contributed by atoms with Crippen LogP contribution in [0.15, 0.2) is 71.4 Å². The van der Waals surface area contributed by atoms with Gasteiger partial charge < -0.3 is 10.2 Å². The maximum atomic E-state index is 12.9. The molecule has 0 atom stereocenters. The Morgan fingerprint density at radius 1 is 0.967 bits per heavy atom. The topological polar surface area (TPSA) is 62.3 Å². The van der Waals surface area contributed by atoms with Crippen molar-refractivity contribution in [2.45, 2.75) is 6.92 Å². The number of thiophene rings is 1. The first-order valence-corrected chi connectivity index (χ1v) is 11.0. The molecule has 1 N–H and O–H groups in total. The Kier molecular flexibility index (Phi) is 5.74. The quantitative estimate of drug-likeness (QED) is 0.439. The van der Waals surface area contributed by atoms with Crippen LogP contribution in [-0.2, 0) is 0 Å². The third kappa shape index (κ3) is 4.17. The molecular weight excluding hydrogens is 414 g/mol. The van der Waals surface area contributed by atoms with Crippen molar-refractivity contribution < 1.29 is 9.59 Å². The monoisotopic (exact) mass is 433 g/mol. The van der Waals surface area contributed by atoms with Crippen molar-refractivity contribution in [2.75, 3.05) is 17.3 Å². The molecule has 0 saturated heterocycles. The standard InChI is InChI=1S/C23H19N3O2S2/c1-15-24-19(14-30-15)16-9-11-17(12-10-16)25-22(27)18-6-3-4-7-20(18)26(2)23(28)21-8-5-13-29-21/h3-14H,1-2H3,(H,25,27). The van der Waals surface area contributed by atoms with Crippen molar-refractivity contribution in [1.82, 2.24) is 4.98 Å². The van der Waals surface area contributed by atoms with Crippen LogP contribution in [0.4, 0.5) is 11.4 Å². The number of aromatic nitrogens is 1. The molecule has 2 aromatic heterocycles. The second-order valence-corrected chi connectivity index (χ2v) is 8.65. The zero-order chi connectivity index (χ0) is 21.1. The summed E-state index contributed by atoms with van der Waals surface area (Å²) in [6.45, 7) is 1.97. The molecule has 30 heavy (non-hydrogen) atoms. The van der Waals surface area contributed by atoms with E-state index in [1.807, 2.05) is 54.1 Å². The van der Waals surface area contributed by atoms with Crippen LogP contribution >= 0.6 is 22.7 Å². The number of amides is 2. The minimum atomic E-state index is -0.270. The zero-order valence-electron chi connectivity index (χ0n) is 16.5. The summed E-state index contributed by atoms with van der Waals surface area (Å²) in [6, 6.07) is 18.3. The third-order valence-electron chi connectivity index (χ3n) is 4.60. The van der Waals surface area contributed by atoms with Gasteiger partial charge in [0, 0.05) is 23.7 Å². The molecule has 0 aliphatic rings. The Bertz CT molecular complexity index is 1180. The minimum absolute atomic E-state index is 0.145. The maximum Gasteiger partial charge on any atom is 0.268 e. The van der Waals surface area contributed by atoms with E-state index in [0.717, 1.165) is 16.3 Å². The van der Waals surface area contributed by atoms with Gasteiger partial charge in [0.25, 0.3) is 11.8 Å². The average molecular weight is 434 g/mol. The molecule has 2 amide bonds. The number of nitrogens with one attached hydrogen (secondary N) is 1. The van der Waals surface area contributed by atoms with E-state index in [1.165, 1.54) is 16.2 Å². The van der Waals surface area contributed by atoms with Crippen LogP contribution in [0.25, 0.3) is 11.3 Å². The van der Waals surface area contributed by atoms with E-state index in [-0.39, 0.29) is 11.8 Å². The number of aryl methyl sites for hydroxylation is 1. The number of hydrogen-bond acceptors (Lipinski definition) is 5. The fourth-order valence-electron chi connectivity index (χ4n) is 3.05. The first kappa shape index (κ1) is 20.0. The van der Waals surface area contributed by atoms with Gasteiger partial charge in [-0.25, -0.2) is 4.98 Å². The van der Waals surface area contributed by atoms with Gasteiger partial charge in [-0.2, -0.15) is 0 Å². The predicted octanol–water partition coefficient (Wildman–Crippen LogP) is 5.71. The second kappa shape index (κ2) is 8.61. The number of anilines is 2. The molecule has 0 fully saturated rings. The summed E-state index contributed by atoms with van der Waals surface area (Å²) in [5.41, 5.74) is 3.60. The van der Waals surface area contributed by atoms with E-state index in [4.69, 9.17) is 0 Å². The molecule has 5 nitrogen and oxygen atoms in total. The molecule has 0 aliphatic carbocycles. The summed E-state index contributed by atoms with van der Waals surface area (Å²) >= 11 is 2.98. The molecule has 0 unspecified atom stereocenters. The molecule has 2 heterocycles. The van der Waals surface area contributed by atoms with Crippen molar-refractivity contribution in [3.8, 4) is 11.3 Å². The highest BCUT2D eigenvalue weighted by Crippen LogP contribution is 2.26. The molecule has 0 saturated carbocycles. The molecular formula is C23H19N3O2S2. The summed E-state index contributed by atoms with van der Waals surface area (Å²) in [6.07, 6.45) is 0. The molecule has 4 aromatic rings. The Balaban J connectivity index is 1.53. The third-order valence-corrected chi connectivity index (χ3v) is 6.24. The lowest BCUT2D eigenvalue weighted by Crippen LogP contribution is -2.28. The largest absolute Gasteiger partial charge is 0.322 e. The molecule has 150 valence electrons. The Labute approximate surface area is 182 Å². The van der Waals surface area contributed by atoms with Crippen molar-refractivity contribution in [3.05, 3.63) is 86.9 Å². The smallest absolute Gasteiger partial charge is 0.268 e. The van der Waals surface area contributed by atoms with E-state index >= 15 is 0 Å². The van der Waals surface area contributed by atoms with Gasteiger partial charge in [-0.15, -0.1) is 22.7 Å². The average Bonchev–Trinajstić information content (AvgIpc) is 3.45. The van der Waals surface area contributed by atoms with Gasteiger partial charge in [0.05, 0.1) is 26.8 Å². The highest BCUT2D eigenvalue weighted by atomic mass is 32.1.